The quantitative estimate of drug-likeness (QED) is 0.0843. The van der Waals surface area contributed by atoms with Crippen molar-refractivity contribution in [2.75, 3.05) is 38.2 Å². The van der Waals surface area contributed by atoms with Crippen molar-refractivity contribution < 1.29 is 41.5 Å². The van der Waals surface area contributed by atoms with Gasteiger partial charge in [0.05, 0.1) is 33.4 Å². The van der Waals surface area contributed by atoms with Crippen LogP contribution in [0.3, 0.4) is 0 Å². The molecule has 0 aliphatic carbocycles. The van der Waals surface area contributed by atoms with Crippen LogP contribution in [-0.4, -0.2) is 67.0 Å². The fourth-order valence-corrected chi connectivity index (χ4v) is 4.94. The van der Waals surface area contributed by atoms with Gasteiger partial charge in [0.15, 0.2) is 12.6 Å². The Morgan fingerprint density at radius 1 is 0.849 bits per heavy atom. The fourth-order valence-electron chi connectivity index (χ4n) is 4.57. The van der Waals surface area contributed by atoms with Gasteiger partial charge in [-0.15, -0.1) is 0 Å². The molecule has 0 spiro atoms. The minimum Gasteiger partial charge on any atom is -0.397 e. The summed E-state index contributed by atoms with van der Waals surface area (Å²) < 4.78 is 52.3. The number of anilines is 2. The van der Waals surface area contributed by atoms with Gasteiger partial charge in [0.2, 0.25) is 5.91 Å². The van der Waals surface area contributed by atoms with E-state index in [9.17, 15) is 41.5 Å². The minimum atomic E-state index is -4.90. The lowest BCUT2D eigenvalue weighted by Crippen LogP contribution is -2.17. The highest BCUT2D eigenvalue weighted by atomic mass is 35.5. The van der Waals surface area contributed by atoms with Crippen molar-refractivity contribution in [3.05, 3.63) is 104 Å². The summed E-state index contributed by atoms with van der Waals surface area (Å²) in [6.45, 7) is 4.36. The molecule has 0 bridgehead atoms. The molecule has 0 unspecified atom stereocenters. The first-order valence-electron chi connectivity index (χ1n) is 16.2. The number of halogens is 6. The van der Waals surface area contributed by atoms with Crippen molar-refractivity contribution in [1.29, 1.82) is 0 Å². The average molecular weight is 780 g/mol. The number of Topliss-reactive ketones (excluding diaryl/α,β-unsaturated/α-hetero) is 2. The summed E-state index contributed by atoms with van der Waals surface area (Å²) in [6.07, 6.45) is 3.97. The maximum absolute atomic E-state index is 13.5. The van der Waals surface area contributed by atoms with E-state index in [0.29, 0.717) is 72.6 Å². The van der Waals surface area contributed by atoms with E-state index >= 15 is 0 Å². The highest BCUT2D eigenvalue weighted by Crippen LogP contribution is 2.33. The van der Waals surface area contributed by atoms with Crippen LogP contribution >= 0.6 is 23.2 Å². The van der Waals surface area contributed by atoms with Crippen molar-refractivity contribution in [1.82, 2.24) is 9.80 Å². The zero-order chi connectivity index (χ0) is 39.9. The lowest BCUT2D eigenvalue weighted by molar-refractivity contribution is -0.140. The number of amides is 1. The normalized spacial score (nSPS) is 11.2. The molecule has 1 amide bonds. The number of benzene rings is 3. The number of alkyl halides is 3. The van der Waals surface area contributed by atoms with Gasteiger partial charge in [0.1, 0.15) is 17.4 Å². The summed E-state index contributed by atoms with van der Waals surface area (Å²) in [5.74, 6) is -1.91. The molecular formula is C38H40Cl2F4N4O5. The first-order valence-corrected chi connectivity index (χ1v) is 16.9. The summed E-state index contributed by atoms with van der Waals surface area (Å²) in [5.41, 5.74) is 6.42. The molecule has 0 aliphatic rings. The number of aldehydes is 2. The molecule has 53 heavy (non-hydrogen) atoms. The van der Waals surface area contributed by atoms with E-state index < -0.39 is 29.9 Å². The standard InChI is InChI=1S/C23H21ClF4N2O3.C15H19ClN2O2/c1-14(32)7-9-30(2)10-8-17-16(13-31)4-5-19(24)22(17)29-21(33)12-15-3-6-20(25)18(11-15)23(26,27)28;1-3-12(20)6-8-18(2)9-7-13-11(10-19)4-5-14(16)15(13)17/h3-6,8,10-11,13H,7,9,12H2,1-2H3,(H,29,33);4-5,7,9-10H,3,6,8,17H2,1-2H3/b10-8-;9-7-. The van der Waals surface area contributed by atoms with E-state index in [1.54, 1.807) is 42.6 Å². The fraction of sp³-hybridized carbons (Fsp3) is 0.289. The van der Waals surface area contributed by atoms with Crippen LogP contribution in [0.25, 0.3) is 12.2 Å². The van der Waals surface area contributed by atoms with Crippen molar-refractivity contribution in [3.63, 3.8) is 0 Å². The Labute approximate surface area is 315 Å². The van der Waals surface area contributed by atoms with Crippen molar-refractivity contribution >= 4 is 76.8 Å². The van der Waals surface area contributed by atoms with Gasteiger partial charge in [0.25, 0.3) is 0 Å². The van der Waals surface area contributed by atoms with Crippen LogP contribution in [-0.2, 0) is 27.0 Å². The molecule has 3 aromatic rings. The van der Waals surface area contributed by atoms with E-state index in [2.05, 4.69) is 5.32 Å². The Hall–Kier alpha value is -5.01. The largest absolute Gasteiger partial charge is 0.419 e. The molecule has 0 aromatic heterocycles. The highest BCUT2D eigenvalue weighted by Gasteiger charge is 2.34. The number of nitrogens with zero attached hydrogens (tertiary/aromatic N) is 2. The van der Waals surface area contributed by atoms with E-state index in [0.717, 1.165) is 12.4 Å². The number of nitrogens with one attached hydrogen (secondary N) is 1. The maximum atomic E-state index is 13.5. The molecule has 9 nitrogen and oxygen atoms in total. The van der Waals surface area contributed by atoms with E-state index in [1.807, 2.05) is 18.9 Å². The van der Waals surface area contributed by atoms with Crippen LogP contribution in [0.15, 0.2) is 54.9 Å². The molecule has 0 radical (unpaired) electrons. The molecule has 0 aliphatic heterocycles. The molecule has 3 aromatic carbocycles. The van der Waals surface area contributed by atoms with Crippen LogP contribution in [0.1, 0.15) is 76.1 Å². The molecule has 3 N–H and O–H groups in total. The van der Waals surface area contributed by atoms with Crippen LogP contribution in [0, 0.1) is 5.82 Å². The van der Waals surface area contributed by atoms with Crippen LogP contribution < -0.4 is 11.1 Å². The SMILES string of the molecule is CC(=O)CCN(C)/C=C\c1c(C=O)ccc(Cl)c1NC(=O)Cc1ccc(F)c(C(F)(F)F)c1.CCC(=O)CCN(C)/C=C\c1c(C=O)ccc(Cl)c1N. The molecule has 15 heteroatoms. The maximum Gasteiger partial charge on any atom is 0.419 e. The molecular weight excluding hydrogens is 739 g/mol. The second kappa shape index (κ2) is 20.9. The van der Waals surface area contributed by atoms with Crippen LogP contribution in [0.2, 0.25) is 10.0 Å². The number of rotatable bonds is 16. The van der Waals surface area contributed by atoms with Gasteiger partial charge in [-0.1, -0.05) is 36.2 Å². The smallest absolute Gasteiger partial charge is 0.397 e. The summed E-state index contributed by atoms with van der Waals surface area (Å²) in [6, 6.07) is 8.39. The predicted molar refractivity (Wildman–Crippen MR) is 200 cm³/mol. The molecule has 0 fully saturated rings. The number of nitrogen functional groups attached to an aromatic ring is 1. The third-order valence-corrected chi connectivity index (χ3v) is 8.31. The Kier molecular flexibility index (Phi) is 17.4. The summed E-state index contributed by atoms with van der Waals surface area (Å²) >= 11 is 12.2. The molecule has 284 valence electrons. The van der Waals surface area contributed by atoms with Gasteiger partial charge in [-0.05, 0) is 73.4 Å². The van der Waals surface area contributed by atoms with Gasteiger partial charge >= 0.3 is 6.18 Å². The molecule has 0 saturated carbocycles. The number of carbonyl (C=O) groups is 5. The number of hydrogen-bond acceptors (Lipinski definition) is 8. The van der Waals surface area contributed by atoms with Gasteiger partial charge in [-0.25, -0.2) is 4.39 Å². The second-order valence-corrected chi connectivity index (χ2v) is 12.7. The number of ketones is 2. The Bertz CT molecular complexity index is 1860. The lowest BCUT2D eigenvalue weighted by Gasteiger charge is -2.16. The first kappa shape index (κ1) is 44.2. The average Bonchev–Trinajstić information content (AvgIpc) is 3.10. The molecule has 3 rings (SSSR count). The first-order chi connectivity index (χ1) is 24.9. The Balaban J connectivity index is 0.000000415. The lowest BCUT2D eigenvalue weighted by atomic mass is 10.0. The van der Waals surface area contributed by atoms with Gasteiger partial charge in [-0.3, -0.25) is 24.0 Å². The van der Waals surface area contributed by atoms with Crippen LogP contribution in [0.4, 0.5) is 28.9 Å². The Morgan fingerprint density at radius 3 is 1.94 bits per heavy atom. The third kappa shape index (κ3) is 14.1. The monoisotopic (exact) mass is 778 g/mol. The number of hydrogen-bond donors (Lipinski definition) is 2. The zero-order valence-electron chi connectivity index (χ0n) is 29.5. The number of carbonyl (C=O) groups excluding carboxylic acids is 5. The third-order valence-electron chi connectivity index (χ3n) is 7.66. The number of nitrogens with two attached hydrogens (primary N) is 1. The van der Waals surface area contributed by atoms with Crippen LogP contribution in [0.5, 0.6) is 0 Å². The van der Waals surface area contributed by atoms with E-state index in [4.69, 9.17) is 28.9 Å². The van der Waals surface area contributed by atoms with E-state index in [-0.39, 0.29) is 39.0 Å². The van der Waals surface area contributed by atoms with Crippen molar-refractivity contribution in [2.24, 2.45) is 0 Å². The second-order valence-electron chi connectivity index (χ2n) is 11.8. The minimum absolute atomic E-state index is 0.00834. The summed E-state index contributed by atoms with van der Waals surface area (Å²) in [4.78, 5) is 61.0. The predicted octanol–water partition coefficient (Wildman–Crippen LogP) is 8.38. The van der Waals surface area contributed by atoms with Gasteiger partial charge in [0, 0.05) is 68.7 Å². The van der Waals surface area contributed by atoms with Gasteiger partial charge < -0.3 is 20.9 Å². The summed E-state index contributed by atoms with van der Waals surface area (Å²) in [5, 5.41) is 3.04. The molecule has 0 heterocycles. The van der Waals surface area contributed by atoms with Crippen molar-refractivity contribution in [2.45, 2.75) is 45.7 Å². The zero-order valence-corrected chi connectivity index (χ0v) is 31.0. The Morgan fingerprint density at radius 2 is 1.40 bits per heavy atom. The highest BCUT2D eigenvalue weighted by molar-refractivity contribution is 6.34. The van der Waals surface area contributed by atoms with Crippen molar-refractivity contribution in [3.8, 4) is 0 Å². The molecule has 0 atom stereocenters. The summed E-state index contributed by atoms with van der Waals surface area (Å²) in [7, 11) is 3.58. The molecule has 0 saturated heterocycles. The topological polar surface area (TPSA) is 130 Å². The van der Waals surface area contributed by atoms with Gasteiger partial charge in [-0.2, -0.15) is 13.2 Å². The van der Waals surface area contributed by atoms with E-state index in [1.165, 1.54) is 25.1 Å².